The second kappa shape index (κ2) is 5.51. The summed E-state index contributed by atoms with van der Waals surface area (Å²) in [6.07, 6.45) is 1.50. The molecule has 1 N–H and O–H groups in total. The Labute approximate surface area is 110 Å². The highest BCUT2D eigenvalue weighted by atomic mass is 35.5. The predicted molar refractivity (Wildman–Crippen MR) is 70.1 cm³/mol. The zero-order chi connectivity index (χ0) is 13.0. The van der Waals surface area contributed by atoms with Crippen molar-refractivity contribution in [2.45, 2.75) is 6.92 Å². The van der Waals surface area contributed by atoms with Crippen molar-refractivity contribution in [1.29, 1.82) is 0 Å². The summed E-state index contributed by atoms with van der Waals surface area (Å²) in [6, 6.07) is 10.5. The average Bonchev–Trinajstić information content (AvgIpc) is 2.34. The van der Waals surface area contributed by atoms with E-state index in [1.165, 1.54) is 13.1 Å². The highest BCUT2D eigenvalue weighted by Gasteiger charge is 2.06. The first-order valence-corrected chi connectivity index (χ1v) is 5.69. The number of carbonyl (C=O) groups excluding carboxylic acids is 1. The van der Waals surface area contributed by atoms with Gasteiger partial charge in [-0.25, -0.2) is 4.98 Å². The van der Waals surface area contributed by atoms with E-state index in [9.17, 15) is 4.79 Å². The van der Waals surface area contributed by atoms with Gasteiger partial charge in [0.05, 0.1) is 10.7 Å². The maximum atomic E-state index is 11.1. The molecule has 0 bridgehead atoms. The molecule has 0 saturated carbocycles. The van der Waals surface area contributed by atoms with Gasteiger partial charge in [0.1, 0.15) is 0 Å². The quantitative estimate of drug-likeness (QED) is 0.921. The minimum atomic E-state index is -0.157. The van der Waals surface area contributed by atoms with Gasteiger partial charge in [-0.15, -0.1) is 0 Å². The van der Waals surface area contributed by atoms with Crippen LogP contribution < -0.4 is 10.1 Å². The Hall–Kier alpha value is -2.07. The van der Waals surface area contributed by atoms with E-state index in [1.54, 1.807) is 24.3 Å². The lowest BCUT2D eigenvalue weighted by atomic mass is 10.3. The van der Waals surface area contributed by atoms with Crippen LogP contribution in [0.3, 0.4) is 0 Å². The predicted octanol–water partition coefficient (Wildman–Crippen LogP) is 3.49. The minimum Gasteiger partial charge on any atom is -0.437 e. The van der Waals surface area contributed by atoms with Crippen LogP contribution in [0.2, 0.25) is 5.02 Å². The van der Waals surface area contributed by atoms with E-state index in [0.29, 0.717) is 22.3 Å². The summed E-state index contributed by atoms with van der Waals surface area (Å²) < 4.78 is 5.58. The fraction of sp³-hybridized carbons (Fsp3) is 0.0769. The molecule has 0 aliphatic carbocycles. The standard InChI is InChI=1S/C13H11ClN2O2/c1-9(17)16-11-4-2-3-5-12(11)18-13-7-6-10(14)8-15-13/h2-8H,1H3,(H,16,17). The van der Waals surface area contributed by atoms with E-state index in [-0.39, 0.29) is 5.91 Å². The largest absolute Gasteiger partial charge is 0.437 e. The molecule has 2 aromatic rings. The number of aromatic nitrogens is 1. The number of nitrogens with zero attached hydrogens (tertiary/aromatic N) is 1. The third kappa shape index (κ3) is 3.21. The van der Waals surface area contributed by atoms with Crippen LogP contribution >= 0.6 is 11.6 Å². The van der Waals surface area contributed by atoms with Crippen LogP contribution in [-0.2, 0) is 4.79 Å². The van der Waals surface area contributed by atoms with Crippen LogP contribution in [0.4, 0.5) is 5.69 Å². The number of pyridine rings is 1. The molecule has 1 heterocycles. The number of para-hydroxylation sites is 2. The Morgan fingerprint density at radius 1 is 1.28 bits per heavy atom. The van der Waals surface area contributed by atoms with E-state index < -0.39 is 0 Å². The van der Waals surface area contributed by atoms with Crippen LogP contribution in [0.15, 0.2) is 42.6 Å². The van der Waals surface area contributed by atoms with Gasteiger partial charge in [-0.2, -0.15) is 0 Å². The normalized spacial score (nSPS) is 9.89. The SMILES string of the molecule is CC(=O)Nc1ccccc1Oc1ccc(Cl)cn1. The highest BCUT2D eigenvalue weighted by Crippen LogP contribution is 2.28. The zero-order valence-corrected chi connectivity index (χ0v) is 10.4. The van der Waals surface area contributed by atoms with Crippen LogP contribution in [0.25, 0.3) is 0 Å². The van der Waals surface area contributed by atoms with E-state index >= 15 is 0 Å². The third-order valence-corrected chi connectivity index (χ3v) is 2.34. The summed E-state index contributed by atoms with van der Waals surface area (Å²) in [5.74, 6) is 0.787. The molecule has 1 amide bonds. The molecule has 18 heavy (non-hydrogen) atoms. The molecule has 0 unspecified atom stereocenters. The lowest BCUT2D eigenvalue weighted by Crippen LogP contribution is -2.06. The number of hydrogen-bond donors (Lipinski definition) is 1. The number of amides is 1. The second-order valence-electron chi connectivity index (χ2n) is 3.59. The third-order valence-electron chi connectivity index (χ3n) is 2.11. The first-order chi connectivity index (χ1) is 8.65. The molecule has 2 rings (SSSR count). The number of nitrogens with one attached hydrogen (secondary N) is 1. The Morgan fingerprint density at radius 2 is 2.06 bits per heavy atom. The van der Waals surface area contributed by atoms with Gasteiger partial charge in [0.25, 0.3) is 0 Å². The first-order valence-electron chi connectivity index (χ1n) is 5.31. The van der Waals surface area contributed by atoms with Crippen molar-refractivity contribution in [1.82, 2.24) is 4.98 Å². The van der Waals surface area contributed by atoms with Crippen molar-refractivity contribution in [3.05, 3.63) is 47.6 Å². The molecule has 5 heteroatoms. The van der Waals surface area contributed by atoms with Crippen LogP contribution in [-0.4, -0.2) is 10.9 Å². The lowest BCUT2D eigenvalue weighted by Gasteiger charge is -2.10. The van der Waals surface area contributed by atoms with Crippen molar-refractivity contribution in [2.24, 2.45) is 0 Å². The topological polar surface area (TPSA) is 51.2 Å². The summed E-state index contributed by atoms with van der Waals surface area (Å²) in [5, 5.41) is 3.23. The molecule has 0 saturated heterocycles. The Kier molecular flexibility index (Phi) is 3.79. The van der Waals surface area contributed by atoms with Gasteiger partial charge < -0.3 is 10.1 Å². The molecule has 0 aliphatic rings. The molecular formula is C13H11ClN2O2. The van der Waals surface area contributed by atoms with E-state index in [2.05, 4.69) is 10.3 Å². The van der Waals surface area contributed by atoms with Crippen molar-refractivity contribution >= 4 is 23.2 Å². The molecule has 4 nitrogen and oxygen atoms in total. The molecule has 0 atom stereocenters. The van der Waals surface area contributed by atoms with Gasteiger partial charge in [-0.05, 0) is 18.2 Å². The molecule has 1 aromatic carbocycles. The van der Waals surface area contributed by atoms with Gasteiger partial charge in [0.15, 0.2) is 5.75 Å². The molecule has 0 spiro atoms. The van der Waals surface area contributed by atoms with Crippen molar-refractivity contribution in [3.63, 3.8) is 0 Å². The lowest BCUT2D eigenvalue weighted by molar-refractivity contribution is -0.114. The number of ether oxygens (including phenoxy) is 1. The van der Waals surface area contributed by atoms with Crippen molar-refractivity contribution in [3.8, 4) is 11.6 Å². The van der Waals surface area contributed by atoms with Crippen molar-refractivity contribution in [2.75, 3.05) is 5.32 Å². The Bertz CT molecular complexity index is 555. The summed E-state index contributed by atoms with van der Waals surface area (Å²) >= 11 is 5.74. The second-order valence-corrected chi connectivity index (χ2v) is 4.03. The molecule has 0 aliphatic heterocycles. The monoisotopic (exact) mass is 262 g/mol. The molecule has 0 radical (unpaired) electrons. The first kappa shape index (κ1) is 12.4. The van der Waals surface area contributed by atoms with Gasteiger partial charge in [-0.1, -0.05) is 23.7 Å². The van der Waals surface area contributed by atoms with Crippen LogP contribution in [0, 0.1) is 0 Å². The highest BCUT2D eigenvalue weighted by molar-refractivity contribution is 6.30. The number of rotatable bonds is 3. The fourth-order valence-corrected chi connectivity index (χ4v) is 1.50. The van der Waals surface area contributed by atoms with E-state index in [0.717, 1.165) is 0 Å². The van der Waals surface area contributed by atoms with Gasteiger partial charge >= 0.3 is 0 Å². The number of benzene rings is 1. The maximum Gasteiger partial charge on any atom is 0.221 e. The number of carbonyl (C=O) groups is 1. The van der Waals surface area contributed by atoms with Crippen molar-refractivity contribution < 1.29 is 9.53 Å². The average molecular weight is 263 g/mol. The summed E-state index contributed by atoms with van der Waals surface area (Å²) in [6.45, 7) is 1.44. The van der Waals surface area contributed by atoms with Gasteiger partial charge in [-0.3, -0.25) is 4.79 Å². The minimum absolute atomic E-state index is 0.157. The number of hydrogen-bond acceptors (Lipinski definition) is 3. The Balaban J connectivity index is 2.23. The maximum absolute atomic E-state index is 11.1. The summed E-state index contributed by atoms with van der Waals surface area (Å²) in [5.41, 5.74) is 0.599. The van der Waals surface area contributed by atoms with Crippen LogP contribution in [0.1, 0.15) is 6.92 Å². The molecule has 1 aromatic heterocycles. The van der Waals surface area contributed by atoms with Crippen LogP contribution in [0.5, 0.6) is 11.6 Å². The van der Waals surface area contributed by atoms with E-state index in [4.69, 9.17) is 16.3 Å². The summed E-state index contributed by atoms with van der Waals surface area (Å²) in [7, 11) is 0. The molecular weight excluding hydrogens is 252 g/mol. The van der Waals surface area contributed by atoms with Gasteiger partial charge in [0, 0.05) is 19.2 Å². The summed E-state index contributed by atoms with van der Waals surface area (Å²) in [4.78, 5) is 15.1. The molecule has 0 fully saturated rings. The van der Waals surface area contributed by atoms with Gasteiger partial charge in [0.2, 0.25) is 11.8 Å². The Morgan fingerprint density at radius 3 is 2.72 bits per heavy atom. The zero-order valence-electron chi connectivity index (χ0n) is 9.68. The van der Waals surface area contributed by atoms with E-state index in [1.807, 2.05) is 12.1 Å². The molecule has 92 valence electrons. The number of halogens is 1. The fourth-order valence-electron chi connectivity index (χ4n) is 1.38. The number of anilines is 1. The smallest absolute Gasteiger partial charge is 0.221 e.